The van der Waals surface area contributed by atoms with Crippen LogP contribution < -0.4 is 59.7 Å². The summed E-state index contributed by atoms with van der Waals surface area (Å²) in [6.45, 7) is 8.95. The maximum Gasteiger partial charge on any atom is 0.326 e. The first-order valence-corrected chi connectivity index (χ1v) is 27.6. The number of imidazole rings is 1. The van der Waals surface area contributed by atoms with Crippen LogP contribution in [0.15, 0.2) is 12.5 Å². The molecule has 0 saturated heterocycles. The monoisotopic (exact) mass is 1120 g/mol. The van der Waals surface area contributed by atoms with Gasteiger partial charge in [-0.3, -0.25) is 47.9 Å². The first kappa shape index (κ1) is 70.3. The number of primary amides is 2. The van der Waals surface area contributed by atoms with Crippen LogP contribution in [0, 0.1) is 11.8 Å². The summed E-state index contributed by atoms with van der Waals surface area (Å²) >= 11 is 0. The smallest absolute Gasteiger partial charge is 0.326 e. The average Bonchev–Trinajstić information content (AvgIpc) is 3.92. The number of nitrogens with one attached hydrogen (secondary N) is 9. The number of unbranched alkanes of at least 4 members (excludes halogenated alkanes) is 9. The lowest BCUT2D eigenvalue weighted by Gasteiger charge is -2.30. The molecule has 0 spiro atoms. The van der Waals surface area contributed by atoms with Gasteiger partial charge in [0.2, 0.25) is 59.1 Å². The molecule has 0 bridgehead atoms. The summed E-state index contributed by atoms with van der Waals surface area (Å²) in [5, 5.41) is 50.5. The van der Waals surface area contributed by atoms with Crippen molar-refractivity contribution >= 4 is 65.0 Å². The highest BCUT2D eigenvalue weighted by atomic mass is 16.4. The number of aliphatic hydroxyl groups is 2. The van der Waals surface area contributed by atoms with Gasteiger partial charge in [0.25, 0.3) is 0 Å². The van der Waals surface area contributed by atoms with Gasteiger partial charge < -0.3 is 80.0 Å². The number of amides is 10. The summed E-state index contributed by atoms with van der Waals surface area (Å²) in [6.07, 6.45) is 9.74. The van der Waals surface area contributed by atoms with E-state index < -0.39 is 151 Å². The standard InChI is InChI=1S/C52H91N13O14/c1-7-9-10-11-12-13-14-15-16-20-41(70)58-35(21-23-39(54)68)45(71)61-37(26-33-27-56-29-57-33)48(74)62-38(28-66)49(75)59-36(22-24-40(55)69)47(73)64-43(31(5)8-2)50(76)65-44(32(6)67)51(77)60-34(19-17-18-25-53)46(72)63-42(30(3)4)52(78)79/h27,29-32,34-38,42-44,66-67H,7-26,28,53H2,1-6H3,(H2,54,68)(H2,55,69)(H,56,57)(H,58,70)(H,59,75)(H,60,77)(H,61,71)(H,62,74)(H,63,72)(H,64,73)(H,65,76)(H,78,79)/t31?,32?,34-,35-,36+,37+,38-,42?,43?,44?/m0/s1. The van der Waals surface area contributed by atoms with Crippen molar-refractivity contribution in [2.45, 2.75) is 218 Å². The number of hydrogen-bond acceptors (Lipinski definition) is 15. The Kier molecular flexibility index (Phi) is 34.5. The van der Waals surface area contributed by atoms with E-state index in [0.29, 0.717) is 25.0 Å². The van der Waals surface area contributed by atoms with Crippen LogP contribution in [0.2, 0.25) is 0 Å². The van der Waals surface area contributed by atoms with Crippen LogP contribution in [0.3, 0.4) is 0 Å². The normalized spacial score (nSPS) is 15.0. The van der Waals surface area contributed by atoms with Crippen molar-refractivity contribution in [2.24, 2.45) is 29.0 Å². The number of aliphatic hydroxyl groups excluding tert-OH is 2. The maximum atomic E-state index is 14.1. The largest absolute Gasteiger partial charge is 0.480 e. The number of nitrogens with zero attached hydrogens (tertiary/aromatic N) is 1. The number of carboxylic acids is 1. The van der Waals surface area contributed by atoms with E-state index in [4.69, 9.17) is 17.2 Å². The van der Waals surface area contributed by atoms with Crippen molar-refractivity contribution in [2.75, 3.05) is 13.2 Å². The average molecular weight is 1120 g/mol. The van der Waals surface area contributed by atoms with Crippen molar-refractivity contribution < 1.29 is 68.1 Å². The van der Waals surface area contributed by atoms with Crippen molar-refractivity contribution in [3.63, 3.8) is 0 Å². The molecular formula is C52H91N13O14. The van der Waals surface area contributed by atoms with Crippen LogP contribution in [0.25, 0.3) is 0 Å². The third-order valence-electron chi connectivity index (χ3n) is 13.2. The molecule has 0 aromatic carbocycles. The van der Waals surface area contributed by atoms with Gasteiger partial charge in [-0.05, 0) is 63.8 Å². The van der Waals surface area contributed by atoms with Gasteiger partial charge in [-0.25, -0.2) is 9.78 Å². The van der Waals surface area contributed by atoms with Crippen molar-refractivity contribution in [3.8, 4) is 0 Å². The zero-order valence-electron chi connectivity index (χ0n) is 46.9. The second kappa shape index (κ2) is 38.8. The topological polar surface area (TPSA) is 451 Å². The highest BCUT2D eigenvalue weighted by molar-refractivity contribution is 5.98. The molecule has 79 heavy (non-hydrogen) atoms. The second-order valence-electron chi connectivity index (χ2n) is 20.4. The minimum atomic E-state index is -1.81. The van der Waals surface area contributed by atoms with Gasteiger partial charge in [0.05, 0.1) is 19.0 Å². The summed E-state index contributed by atoms with van der Waals surface area (Å²) in [4.78, 5) is 152. The number of aromatic amines is 1. The molecule has 0 aliphatic heterocycles. The molecule has 27 heteroatoms. The Hall–Kier alpha value is -6.74. The van der Waals surface area contributed by atoms with Gasteiger partial charge in [0, 0.05) is 37.6 Å². The molecular weight excluding hydrogens is 1030 g/mol. The predicted molar refractivity (Wildman–Crippen MR) is 290 cm³/mol. The minimum Gasteiger partial charge on any atom is -0.480 e. The fourth-order valence-corrected chi connectivity index (χ4v) is 8.20. The molecule has 0 fully saturated rings. The fraction of sp³-hybridized carbons (Fsp3) is 0.731. The summed E-state index contributed by atoms with van der Waals surface area (Å²) in [7, 11) is 0. The lowest BCUT2D eigenvalue weighted by Crippen LogP contribution is -2.63. The minimum absolute atomic E-state index is 0.0212. The molecule has 0 saturated carbocycles. The highest BCUT2D eigenvalue weighted by Gasteiger charge is 2.37. The number of carbonyl (C=O) groups is 11. The van der Waals surface area contributed by atoms with E-state index in [1.807, 2.05) is 0 Å². The molecule has 1 heterocycles. The number of hydrogen-bond donors (Lipinski definition) is 15. The number of aliphatic carboxylic acids is 1. The first-order chi connectivity index (χ1) is 37.4. The number of aromatic nitrogens is 2. The predicted octanol–water partition coefficient (Wildman–Crippen LogP) is -1.43. The molecule has 0 radical (unpaired) electrons. The Labute approximate surface area is 462 Å². The van der Waals surface area contributed by atoms with Crippen molar-refractivity contribution in [1.29, 1.82) is 0 Å². The molecule has 1 aromatic heterocycles. The Balaban J connectivity index is 3.35. The fourth-order valence-electron chi connectivity index (χ4n) is 8.20. The van der Waals surface area contributed by atoms with Gasteiger partial charge in [0.1, 0.15) is 48.3 Å². The lowest BCUT2D eigenvalue weighted by molar-refractivity contribution is -0.143. The van der Waals surface area contributed by atoms with Crippen LogP contribution in [-0.4, -0.2) is 158 Å². The molecule has 1 rings (SSSR count). The van der Waals surface area contributed by atoms with Crippen molar-refractivity contribution in [1.82, 2.24) is 52.5 Å². The zero-order chi connectivity index (χ0) is 59.6. The maximum absolute atomic E-state index is 14.1. The summed E-state index contributed by atoms with van der Waals surface area (Å²) in [5.41, 5.74) is 16.8. The third-order valence-corrected chi connectivity index (χ3v) is 13.2. The number of H-pyrrole nitrogens is 1. The van der Waals surface area contributed by atoms with E-state index >= 15 is 0 Å². The number of carbonyl (C=O) groups excluding carboxylic acids is 10. The number of nitrogens with two attached hydrogens (primary N) is 3. The Morgan fingerprint density at radius 1 is 0.544 bits per heavy atom. The van der Waals surface area contributed by atoms with Gasteiger partial charge in [-0.1, -0.05) is 92.4 Å². The molecule has 10 amide bonds. The van der Waals surface area contributed by atoms with Gasteiger partial charge in [-0.2, -0.15) is 0 Å². The third kappa shape index (κ3) is 28.1. The molecule has 1 aromatic rings. The summed E-state index contributed by atoms with van der Waals surface area (Å²) in [6, 6.07) is -12.1. The van der Waals surface area contributed by atoms with Crippen LogP contribution in [-0.2, 0) is 59.2 Å². The lowest BCUT2D eigenvalue weighted by atomic mass is 9.96. The van der Waals surface area contributed by atoms with Crippen LogP contribution >= 0.6 is 0 Å². The summed E-state index contributed by atoms with van der Waals surface area (Å²) < 4.78 is 0. The molecule has 5 unspecified atom stereocenters. The van der Waals surface area contributed by atoms with Crippen molar-refractivity contribution in [3.05, 3.63) is 18.2 Å². The summed E-state index contributed by atoms with van der Waals surface area (Å²) in [5.74, 6) is -11.5. The first-order valence-electron chi connectivity index (χ1n) is 27.6. The Bertz CT molecular complexity index is 2090. The quantitative estimate of drug-likeness (QED) is 0.0334. The highest BCUT2D eigenvalue weighted by Crippen LogP contribution is 2.14. The second-order valence-corrected chi connectivity index (χ2v) is 20.4. The van der Waals surface area contributed by atoms with Gasteiger partial charge in [0.15, 0.2) is 0 Å². The van der Waals surface area contributed by atoms with Crippen LogP contribution in [0.5, 0.6) is 0 Å². The molecule has 10 atom stereocenters. The Morgan fingerprint density at radius 3 is 1.49 bits per heavy atom. The van der Waals surface area contributed by atoms with Crippen LogP contribution in [0.4, 0.5) is 0 Å². The van der Waals surface area contributed by atoms with E-state index in [0.717, 1.165) is 38.5 Å². The van der Waals surface area contributed by atoms with E-state index in [1.54, 1.807) is 27.7 Å². The Morgan fingerprint density at radius 2 is 1.00 bits per heavy atom. The van der Waals surface area contributed by atoms with Gasteiger partial charge >= 0.3 is 5.97 Å². The number of carboxylic acid groups (broad SMARTS) is 1. The number of rotatable bonds is 43. The van der Waals surface area contributed by atoms with E-state index in [-0.39, 0.29) is 45.1 Å². The van der Waals surface area contributed by atoms with E-state index in [1.165, 1.54) is 32.3 Å². The van der Waals surface area contributed by atoms with E-state index in [2.05, 4.69) is 59.4 Å². The molecule has 0 aliphatic carbocycles. The molecule has 448 valence electrons. The SMILES string of the molecule is CCCCCCCCCCCC(=O)N[C@@H](CCC(N)=O)C(=O)N[C@H](Cc1cnc[nH]1)C(=O)N[C@@H](CO)C(=O)N[C@H](CCC(N)=O)C(=O)NC(C(=O)NC(C(=O)N[C@@H](CCCCN)C(=O)NC(C(=O)O)C(C)C)C(C)O)C(C)CC. The van der Waals surface area contributed by atoms with Gasteiger partial charge in [-0.15, -0.1) is 0 Å². The molecule has 18 N–H and O–H groups in total. The molecule has 27 nitrogen and oxygen atoms in total. The van der Waals surface area contributed by atoms with E-state index in [9.17, 15) is 68.1 Å². The molecule has 0 aliphatic rings. The zero-order valence-corrected chi connectivity index (χ0v) is 46.9. The van der Waals surface area contributed by atoms with Crippen LogP contribution in [0.1, 0.15) is 163 Å².